The fourth-order valence-electron chi connectivity index (χ4n) is 7.41. The molecule has 1 aromatic carbocycles. The summed E-state index contributed by atoms with van der Waals surface area (Å²) in [4.78, 5) is 76.1. The van der Waals surface area contributed by atoms with Crippen LogP contribution in [0.2, 0.25) is 0 Å². The van der Waals surface area contributed by atoms with E-state index in [-0.39, 0.29) is 37.6 Å². The fraction of sp³-hybridized carbons (Fsp3) is 0.590. The SMILES string of the molecule is C=C[C@@H]1C[C@]1(CC(=O)[C@@H]1C[C@@H](Oc2nccc3cc(OC)ccc23)CN1C(=O)[C@@H](NC(=O)N(C)[C@H](C(=O)OC)C(C)C)C(C)(C)C)C(=O)NS(=O)(=O)C1CC1. The Kier molecular flexibility index (Phi) is 11.9. The number of carbonyl (C=O) groups is 5. The van der Waals surface area contributed by atoms with E-state index in [1.54, 1.807) is 72.2 Å². The van der Waals surface area contributed by atoms with Crippen molar-refractivity contribution in [1.29, 1.82) is 0 Å². The van der Waals surface area contributed by atoms with Crippen LogP contribution in [0.4, 0.5) is 4.79 Å². The Bertz CT molecular complexity index is 1960. The number of amides is 4. The van der Waals surface area contributed by atoms with Crippen molar-refractivity contribution in [2.24, 2.45) is 22.7 Å². The second kappa shape index (κ2) is 15.8. The highest BCUT2D eigenvalue weighted by molar-refractivity contribution is 7.90. The molecule has 300 valence electrons. The third kappa shape index (κ3) is 8.73. The standard InChI is InChI=1S/C39H53N5O10S/c1-10-24-19-39(24,36(48)42-55(50,51)27-12-13-27)20-30(45)29-18-26(54-33-28-14-11-25(52-8)17-23(28)15-16-40-33)21-44(29)34(46)32(38(4,5)6)41-37(49)43(7)31(22(2)3)35(47)53-9/h10-11,14-17,22,24,26-27,29,31-32H,1,12-13,18-21H2,2-9H3,(H,41,49)(H,42,48)/t24-,26-,29+,31+,32-,39-/m1/s1. The summed E-state index contributed by atoms with van der Waals surface area (Å²) in [5, 5.41) is 3.66. The minimum absolute atomic E-state index is 0.0398. The van der Waals surface area contributed by atoms with Crippen molar-refractivity contribution < 1.29 is 46.6 Å². The number of carbonyl (C=O) groups excluding carboxylic acids is 5. The molecule has 1 aliphatic heterocycles. The predicted molar refractivity (Wildman–Crippen MR) is 203 cm³/mol. The van der Waals surface area contributed by atoms with E-state index in [9.17, 15) is 32.4 Å². The van der Waals surface area contributed by atoms with Gasteiger partial charge in [0.1, 0.15) is 23.9 Å². The monoisotopic (exact) mass is 783 g/mol. The number of methoxy groups -OCH3 is 2. The van der Waals surface area contributed by atoms with Gasteiger partial charge in [-0.05, 0) is 66.2 Å². The summed E-state index contributed by atoms with van der Waals surface area (Å²) in [6.07, 6.45) is 3.24. The number of ketones is 1. The van der Waals surface area contributed by atoms with Gasteiger partial charge in [0.2, 0.25) is 27.7 Å². The van der Waals surface area contributed by atoms with Gasteiger partial charge in [0, 0.05) is 31.5 Å². The Morgan fingerprint density at radius 3 is 2.38 bits per heavy atom. The number of rotatable bonds is 15. The molecule has 2 N–H and O–H groups in total. The quantitative estimate of drug-likeness (QED) is 0.198. The molecule has 5 rings (SSSR count). The van der Waals surface area contributed by atoms with E-state index in [4.69, 9.17) is 14.2 Å². The van der Waals surface area contributed by atoms with Gasteiger partial charge in [0.15, 0.2) is 5.78 Å². The van der Waals surface area contributed by atoms with Crippen LogP contribution in [0.3, 0.4) is 0 Å². The van der Waals surface area contributed by atoms with E-state index in [1.807, 2.05) is 6.07 Å². The van der Waals surface area contributed by atoms with Crippen molar-refractivity contribution in [3.63, 3.8) is 0 Å². The zero-order valence-electron chi connectivity index (χ0n) is 32.8. The van der Waals surface area contributed by atoms with Gasteiger partial charge >= 0.3 is 12.0 Å². The highest BCUT2D eigenvalue weighted by Gasteiger charge is 2.61. The van der Waals surface area contributed by atoms with Gasteiger partial charge in [-0.1, -0.05) is 40.7 Å². The third-order valence-corrected chi connectivity index (χ3v) is 12.7. The van der Waals surface area contributed by atoms with Gasteiger partial charge in [-0.15, -0.1) is 6.58 Å². The van der Waals surface area contributed by atoms with Gasteiger partial charge < -0.3 is 29.3 Å². The maximum Gasteiger partial charge on any atom is 0.328 e. The Morgan fingerprint density at radius 2 is 1.82 bits per heavy atom. The molecular weight excluding hydrogens is 731 g/mol. The van der Waals surface area contributed by atoms with Gasteiger partial charge in [-0.2, -0.15) is 0 Å². The normalized spacial score (nSPS) is 23.4. The van der Waals surface area contributed by atoms with Crippen LogP contribution in [0.15, 0.2) is 43.1 Å². The molecule has 0 bridgehead atoms. The molecule has 2 aliphatic carbocycles. The first-order chi connectivity index (χ1) is 25.8. The van der Waals surface area contributed by atoms with Crippen LogP contribution in [0.25, 0.3) is 10.8 Å². The molecular formula is C39H53N5O10S. The molecule has 3 fully saturated rings. The summed E-state index contributed by atoms with van der Waals surface area (Å²) < 4.78 is 44.4. The number of hydrogen-bond acceptors (Lipinski definition) is 11. The number of urea groups is 1. The van der Waals surface area contributed by atoms with Gasteiger partial charge in [0.05, 0.1) is 37.5 Å². The van der Waals surface area contributed by atoms with Crippen LogP contribution >= 0.6 is 0 Å². The number of benzene rings is 1. The largest absolute Gasteiger partial charge is 0.497 e. The van der Waals surface area contributed by atoms with Crippen LogP contribution in [0, 0.1) is 22.7 Å². The molecule has 0 unspecified atom stereocenters. The maximum atomic E-state index is 14.7. The molecule has 2 aromatic rings. The Labute approximate surface area is 322 Å². The van der Waals surface area contributed by atoms with Crippen molar-refractivity contribution >= 4 is 50.4 Å². The first kappa shape index (κ1) is 41.4. The lowest BCUT2D eigenvalue weighted by Gasteiger charge is -2.37. The number of hydrogen-bond donors (Lipinski definition) is 2. The van der Waals surface area contributed by atoms with E-state index >= 15 is 0 Å². The fourth-order valence-corrected chi connectivity index (χ4v) is 8.80. The molecule has 1 aromatic heterocycles. The number of aromatic nitrogens is 1. The van der Waals surface area contributed by atoms with Crippen LogP contribution in [-0.2, 0) is 33.9 Å². The first-order valence-electron chi connectivity index (χ1n) is 18.5. The second-order valence-corrected chi connectivity index (χ2v) is 18.2. The number of fused-ring (bicyclic) bond motifs is 1. The number of allylic oxidation sites excluding steroid dienone is 1. The van der Waals surface area contributed by atoms with Crippen molar-refractivity contribution in [1.82, 2.24) is 24.8 Å². The molecule has 6 atom stereocenters. The van der Waals surface area contributed by atoms with E-state index in [1.165, 1.54) is 24.0 Å². The van der Waals surface area contributed by atoms with Crippen molar-refractivity contribution in [3.8, 4) is 11.6 Å². The minimum atomic E-state index is -3.89. The van der Waals surface area contributed by atoms with Gasteiger partial charge in [-0.25, -0.2) is 23.0 Å². The number of nitrogens with one attached hydrogen (secondary N) is 2. The highest BCUT2D eigenvalue weighted by Crippen LogP contribution is 2.57. The lowest BCUT2D eigenvalue weighted by atomic mass is 9.85. The number of esters is 1. The number of likely N-dealkylation sites (N-methyl/N-ethyl adjacent to an activating group) is 1. The number of sulfonamides is 1. The number of ether oxygens (including phenoxy) is 3. The third-order valence-electron chi connectivity index (χ3n) is 10.9. The molecule has 55 heavy (non-hydrogen) atoms. The maximum absolute atomic E-state index is 14.7. The molecule has 0 spiro atoms. The second-order valence-electron chi connectivity index (χ2n) is 16.3. The number of nitrogens with zero attached hydrogens (tertiary/aromatic N) is 3. The first-order valence-corrected chi connectivity index (χ1v) is 20.0. The summed E-state index contributed by atoms with van der Waals surface area (Å²) in [6, 6.07) is 3.31. The highest BCUT2D eigenvalue weighted by atomic mass is 32.2. The smallest absolute Gasteiger partial charge is 0.328 e. The Morgan fingerprint density at radius 1 is 1.13 bits per heavy atom. The van der Waals surface area contributed by atoms with Crippen molar-refractivity contribution in [2.45, 2.75) is 96.2 Å². The van der Waals surface area contributed by atoms with Gasteiger partial charge in [0.25, 0.3) is 0 Å². The molecule has 0 radical (unpaired) electrons. The molecule has 3 aliphatic rings. The van der Waals surface area contributed by atoms with Gasteiger partial charge in [-0.3, -0.25) is 19.1 Å². The molecule has 1 saturated heterocycles. The zero-order valence-corrected chi connectivity index (χ0v) is 33.6. The van der Waals surface area contributed by atoms with E-state index in [2.05, 4.69) is 21.6 Å². The zero-order chi connectivity index (χ0) is 40.6. The van der Waals surface area contributed by atoms with E-state index in [0.717, 1.165) is 5.39 Å². The summed E-state index contributed by atoms with van der Waals surface area (Å²) in [6.45, 7) is 12.6. The van der Waals surface area contributed by atoms with Crippen molar-refractivity contribution in [3.05, 3.63) is 43.1 Å². The molecule has 15 nitrogen and oxygen atoms in total. The van der Waals surface area contributed by atoms with E-state index < -0.39 is 85.8 Å². The molecule has 2 heterocycles. The number of likely N-dealkylation sites (tertiary alicyclic amines) is 1. The molecule has 4 amide bonds. The summed E-state index contributed by atoms with van der Waals surface area (Å²) in [7, 11) is 0.351. The summed E-state index contributed by atoms with van der Waals surface area (Å²) in [5.74, 6) is -2.23. The Hall–Kier alpha value is -4.73. The minimum Gasteiger partial charge on any atom is -0.497 e. The summed E-state index contributed by atoms with van der Waals surface area (Å²) in [5.41, 5.74) is -2.22. The van der Waals surface area contributed by atoms with Crippen LogP contribution in [-0.4, -0.2) is 110 Å². The predicted octanol–water partition coefficient (Wildman–Crippen LogP) is 3.61. The van der Waals surface area contributed by atoms with Crippen LogP contribution < -0.4 is 19.5 Å². The van der Waals surface area contributed by atoms with Crippen LogP contribution in [0.5, 0.6) is 11.6 Å². The molecule has 2 saturated carbocycles. The van der Waals surface area contributed by atoms with Crippen molar-refractivity contribution in [2.75, 3.05) is 27.8 Å². The topological polar surface area (TPSA) is 191 Å². The lowest BCUT2D eigenvalue weighted by molar-refractivity contribution is -0.147. The summed E-state index contributed by atoms with van der Waals surface area (Å²) >= 11 is 0. The molecule has 16 heteroatoms. The van der Waals surface area contributed by atoms with E-state index in [0.29, 0.717) is 24.0 Å². The van der Waals surface area contributed by atoms with Crippen LogP contribution in [0.1, 0.15) is 66.7 Å². The lowest BCUT2D eigenvalue weighted by Crippen LogP contribution is -2.60. The number of Topliss-reactive ketones (excluding diaryl/α,β-unsaturated/α-hetero) is 1. The average Bonchev–Trinajstić information content (AvgIpc) is 4.06. The average molecular weight is 784 g/mol. The number of pyridine rings is 1. The Balaban J connectivity index is 1.46.